The first-order valence-corrected chi connectivity index (χ1v) is 7.42. The van der Waals surface area contributed by atoms with Crippen LogP contribution in [-0.2, 0) is 0 Å². The predicted octanol–water partition coefficient (Wildman–Crippen LogP) is 5.12. The fourth-order valence-electron chi connectivity index (χ4n) is 4.31. The van der Waals surface area contributed by atoms with Gasteiger partial charge in [0.2, 0.25) is 0 Å². The quantitative estimate of drug-likeness (QED) is 0.542. The molecule has 1 saturated carbocycles. The largest absolute Gasteiger partial charge is 0.0605 e. The molecule has 0 aromatic carbocycles. The van der Waals surface area contributed by atoms with Crippen LogP contribution in [0, 0.1) is 23.2 Å². The van der Waals surface area contributed by atoms with E-state index in [0.717, 1.165) is 17.8 Å². The average molecular weight is 230 g/mol. The molecule has 3 aliphatic carbocycles. The third-order valence-electron chi connectivity index (χ3n) is 5.44. The topological polar surface area (TPSA) is 0 Å². The van der Waals surface area contributed by atoms with Crippen molar-refractivity contribution in [1.82, 2.24) is 0 Å². The Morgan fingerprint density at radius 1 is 1.12 bits per heavy atom. The molecule has 3 unspecified atom stereocenters. The zero-order valence-electron chi connectivity index (χ0n) is 11.8. The molecule has 0 spiro atoms. The average Bonchev–Trinajstić information content (AvgIpc) is 2.80. The van der Waals surface area contributed by atoms with E-state index in [9.17, 15) is 0 Å². The molecule has 17 heavy (non-hydrogen) atoms. The van der Waals surface area contributed by atoms with E-state index in [1.54, 1.807) is 11.1 Å². The maximum atomic E-state index is 2.57. The molecule has 0 nitrogen and oxygen atoms in total. The van der Waals surface area contributed by atoms with Crippen molar-refractivity contribution in [2.24, 2.45) is 23.2 Å². The van der Waals surface area contributed by atoms with E-state index < -0.39 is 0 Å². The van der Waals surface area contributed by atoms with E-state index in [1.165, 1.54) is 32.1 Å². The van der Waals surface area contributed by atoms with E-state index in [-0.39, 0.29) is 0 Å². The Morgan fingerprint density at radius 3 is 2.53 bits per heavy atom. The first-order chi connectivity index (χ1) is 7.98. The van der Waals surface area contributed by atoms with Gasteiger partial charge in [0.25, 0.3) is 0 Å². The molecule has 0 heteroatoms. The molecule has 0 bridgehead atoms. The summed E-state index contributed by atoms with van der Waals surface area (Å²) >= 11 is 0. The van der Waals surface area contributed by atoms with Crippen molar-refractivity contribution < 1.29 is 0 Å². The van der Waals surface area contributed by atoms with Gasteiger partial charge in [-0.1, -0.05) is 57.8 Å². The minimum absolute atomic E-state index is 0.369. The van der Waals surface area contributed by atoms with E-state index in [1.807, 2.05) is 5.57 Å². The Kier molecular flexibility index (Phi) is 2.54. The number of hydrogen-bond donors (Lipinski definition) is 0. The number of hydrogen-bond acceptors (Lipinski definition) is 0. The van der Waals surface area contributed by atoms with Gasteiger partial charge in [0.1, 0.15) is 0 Å². The molecule has 0 amide bonds. The SMILES string of the molecule is CC1C2=C(CC(C(C)(C)C)=C2)C2CCCCC12. The highest BCUT2D eigenvalue weighted by molar-refractivity contribution is 5.47. The third kappa shape index (κ3) is 1.72. The Balaban J connectivity index is 1.89. The first kappa shape index (κ1) is 11.6. The minimum Gasteiger partial charge on any atom is -0.0605 e. The minimum atomic E-state index is 0.369. The molecule has 3 atom stereocenters. The fourth-order valence-corrected chi connectivity index (χ4v) is 4.31. The van der Waals surface area contributed by atoms with Crippen molar-refractivity contribution in [2.75, 3.05) is 0 Å². The van der Waals surface area contributed by atoms with Gasteiger partial charge in [0, 0.05) is 0 Å². The van der Waals surface area contributed by atoms with Gasteiger partial charge in [-0.25, -0.2) is 0 Å². The van der Waals surface area contributed by atoms with Gasteiger partial charge in [0.15, 0.2) is 0 Å². The summed E-state index contributed by atoms with van der Waals surface area (Å²) in [5.41, 5.74) is 5.63. The van der Waals surface area contributed by atoms with Crippen LogP contribution in [0.25, 0.3) is 0 Å². The summed E-state index contributed by atoms with van der Waals surface area (Å²) in [6, 6.07) is 0. The van der Waals surface area contributed by atoms with E-state index in [0.29, 0.717) is 5.41 Å². The summed E-state index contributed by atoms with van der Waals surface area (Å²) < 4.78 is 0. The van der Waals surface area contributed by atoms with Gasteiger partial charge >= 0.3 is 0 Å². The summed E-state index contributed by atoms with van der Waals surface area (Å²) in [5.74, 6) is 2.78. The standard InChI is InChI=1S/C17H26/c1-11-13-7-5-6-8-14(13)16-10-12(9-15(11)16)17(2,3)4/h9,11,13-14H,5-8,10H2,1-4H3. The Labute approximate surface area is 106 Å². The molecule has 0 aliphatic heterocycles. The molecule has 0 aromatic rings. The van der Waals surface area contributed by atoms with Crippen LogP contribution in [0.3, 0.4) is 0 Å². The summed E-state index contributed by atoms with van der Waals surface area (Å²) in [5, 5.41) is 0. The lowest BCUT2D eigenvalue weighted by Crippen LogP contribution is -2.22. The van der Waals surface area contributed by atoms with Gasteiger partial charge in [-0.15, -0.1) is 0 Å². The monoisotopic (exact) mass is 230 g/mol. The molecular weight excluding hydrogens is 204 g/mol. The Morgan fingerprint density at radius 2 is 1.82 bits per heavy atom. The zero-order valence-corrected chi connectivity index (χ0v) is 11.8. The van der Waals surface area contributed by atoms with E-state index in [4.69, 9.17) is 0 Å². The van der Waals surface area contributed by atoms with Gasteiger partial charge < -0.3 is 0 Å². The van der Waals surface area contributed by atoms with Gasteiger partial charge in [0.05, 0.1) is 0 Å². The maximum Gasteiger partial charge on any atom is -0.00911 e. The van der Waals surface area contributed by atoms with Crippen LogP contribution >= 0.6 is 0 Å². The van der Waals surface area contributed by atoms with Crippen LogP contribution in [0.5, 0.6) is 0 Å². The maximum absolute atomic E-state index is 2.57. The predicted molar refractivity (Wildman–Crippen MR) is 73.8 cm³/mol. The van der Waals surface area contributed by atoms with Crippen LogP contribution in [0.1, 0.15) is 59.8 Å². The fraction of sp³-hybridized carbons (Fsp3) is 0.765. The third-order valence-corrected chi connectivity index (χ3v) is 5.44. The first-order valence-electron chi connectivity index (χ1n) is 7.42. The molecule has 3 rings (SSSR count). The summed E-state index contributed by atoms with van der Waals surface area (Å²) in [6.45, 7) is 9.57. The molecular formula is C17H26. The smallest absolute Gasteiger partial charge is 0.00911 e. The lowest BCUT2D eigenvalue weighted by Gasteiger charge is -2.32. The highest BCUT2D eigenvalue weighted by Gasteiger charge is 2.43. The second kappa shape index (κ2) is 3.73. The highest BCUT2D eigenvalue weighted by Crippen LogP contribution is 2.55. The molecule has 3 aliphatic rings. The Hall–Kier alpha value is -0.520. The van der Waals surface area contributed by atoms with Gasteiger partial charge in [-0.3, -0.25) is 0 Å². The zero-order chi connectivity index (χ0) is 12.2. The number of rotatable bonds is 0. The Bertz CT molecular complexity index is 389. The van der Waals surface area contributed by atoms with Crippen LogP contribution in [0.2, 0.25) is 0 Å². The molecule has 0 saturated heterocycles. The van der Waals surface area contributed by atoms with Gasteiger partial charge in [-0.2, -0.15) is 0 Å². The van der Waals surface area contributed by atoms with Crippen LogP contribution < -0.4 is 0 Å². The number of allylic oxidation sites excluding steroid dienone is 4. The highest BCUT2D eigenvalue weighted by atomic mass is 14.5. The molecule has 0 aromatic heterocycles. The van der Waals surface area contributed by atoms with E-state index >= 15 is 0 Å². The summed E-state index contributed by atoms with van der Waals surface area (Å²) in [7, 11) is 0. The van der Waals surface area contributed by atoms with Crippen molar-refractivity contribution in [3.8, 4) is 0 Å². The molecule has 0 heterocycles. The normalized spacial score (nSPS) is 36.9. The lowest BCUT2D eigenvalue weighted by molar-refractivity contribution is 0.244. The molecule has 1 fully saturated rings. The van der Waals surface area contributed by atoms with Crippen molar-refractivity contribution >= 4 is 0 Å². The second-order valence-electron chi connectivity index (χ2n) is 7.42. The number of fused-ring (bicyclic) bond motifs is 2. The second-order valence-corrected chi connectivity index (χ2v) is 7.42. The van der Waals surface area contributed by atoms with Gasteiger partial charge in [-0.05, 0) is 48.0 Å². The summed E-state index contributed by atoms with van der Waals surface area (Å²) in [6.07, 6.45) is 9.76. The van der Waals surface area contributed by atoms with E-state index in [2.05, 4.69) is 33.8 Å². The molecule has 0 N–H and O–H groups in total. The van der Waals surface area contributed by atoms with Crippen LogP contribution in [0.15, 0.2) is 22.8 Å². The van der Waals surface area contributed by atoms with Crippen molar-refractivity contribution in [3.63, 3.8) is 0 Å². The van der Waals surface area contributed by atoms with Crippen LogP contribution in [-0.4, -0.2) is 0 Å². The molecule has 0 radical (unpaired) electrons. The van der Waals surface area contributed by atoms with Crippen molar-refractivity contribution in [1.29, 1.82) is 0 Å². The van der Waals surface area contributed by atoms with Crippen molar-refractivity contribution in [2.45, 2.75) is 59.8 Å². The van der Waals surface area contributed by atoms with Crippen molar-refractivity contribution in [3.05, 3.63) is 22.8 Å². The van der Waals surface area contributed by atoms with Crippen LogP contribution in [0.4, 0.5) is 0 Å². The summed E-state index contributed by atoms with van der Waals surface area (Å²) in [4.78, 5) is 0. The molecule has 94 valence electrons. The lowest BCUT2D eigenvalue weighted by atomic mass is 9.73.